The van der Waals surface area contributed by atoms with Crippen molar-refractivity contribution in [1.29, 1.82) is 0 Å². The third kappa shape index (κ3) is 9.75. The number of hydrogen-bond donors (Lipinski definition) is 4. The van der Waals surface area contributed by atoms with Gasteiger partial charge in [-0.15, -0.1) is 6.58 Å². The highest BCUT2D eigenvalue weighted by Crippen LogP contribution is 2.62. The molecule has 0 spiro atoms. The molecule has 1 aromatic heterocycles. The second kappa shape index (κ2) is 20.9. The Morgan fingerprint density at radius 1 is 0.984 bits per heavy atom. The van der Waals surface area contributed by atoms with Gasteiger partial charge in [0.25, 0.3) is 0 Å². The number of unbranched alkanes of at least 4 members (excludes halogenated alkanes) is 2. The molecule has 61 heavy (non-hydrogen) atoms. The van der Waals surface area contributed by atoms with Gasteiger partial charge >= 0.3 is 6.03 Å². The van der Waals surface area contributed by atoms with Gasteiger partial charge in [0.1, 0.15) is 30.8 Å². The van der Waals surface area contributed by atoms with Crippen molar-refractivity contribution in [1.82, 2.24) is 15.2 Å². The number of fused-ring (bicyclic) bond motifs is 3. The summed E-state index contributed by atoms with van der Waals surface area (Å²) in [4.78, 5) is 26.4. The van der Waals surface area contributed by atoms with Gasteiger partial charge in [-0.1, -0.05) is 98.3 Å². The van der Waals surface area contributed by atoms with E-state index in [0.717, 1.165) is 64.7 Å². The highest BCUT2D eigenvalue weighted by molar-refractivity contribution is 6.03. The van der Waals surface area contributed by atoms with Gasteiger partial charge in [-0.25, -0.2) is 4.79 Å². The van der Waals surface area contributed by atoms with Crippen molar-refractivity contribution < 1.29 is 34.1 Å². The molecule has 1 fully saturated rings. The fraction of sp³-hybridized carbons (Fsp3) is 0.440. The van der Waals surface area contributed by atoms with Crippen LogP contribution in [0.2, 0.25) is 0 Å². The molecule has 2 aliphatic carbocycles. The highest BCUT2D eigenvalue weighted by atomic mass is 16.7. The zero-order valence-corrected chi connectivity index (χ0v) is 35.5. The monoisotopic (exact) mass is 830 g/mol. The molecular weight excluding hydrogens is 769 g/mol. The molecule has 6 atom stereocenters. The number of aliphatic hydroxyl groups is 2. The van der Waals surface area contributed by atoms with E-state index in [-0.39, 0.29) is 50.2 Å². The molecule has 2 amide bonds. The maximum Gasteiger partial charge on any atom is 0.318 e. The number of oxime groups is 1. The lowest BCUT2D eigenvalue weighted by Gasteiger charge is -2.60. The molecule has 0 unspecified atom stereocenters. The molecule has 1 aliphatic heterocycles. The molecule has 0 radical (unpaired) electrons. The molecule has 11 heteroatoms. The Morgan fingerprint density at radius 3 is 2.51 bits per heavy atom. The molecule has 1 saturated carbocycles. The summed E-state index contributed by atoms with van der Waals surface area (Å²) in [7, 11) is 0. The minimum Gasteiger partial charge on any atom is -0.490 e. The van der Waals surface area contributed by atoms with Crippen molar-refractivity contribution in [2.45, 2.75) is 89.2 Å². The predicted octanol–water partition coefficient (Wildman–Crippen LogP) is 9.19. The first-order chi connectivity index (χ1) is 29.9. The Morgan fingerprint density at radius 2 is 1.75 bits per heavy atom. The van der Waals surface area contributed by atoms with Crippen LogP contribution in [-0.4, -0.2) is 76.6 Å². The fourth-order valence-corrected chi connectivity index (χ4v) is 9.79. The minimum atomic E-state index is -1.35. The number of nitrogens with zero attached hydrogens (tertiary/aromatic N) is 2. The van der Waals surface area contributed by atoms with Crippen LogP contribution in [0.3, 0.4) is 0 Å². The van der Waals surface area contributed by atoms with Crippen molar-refractivity contribution in [2.75, 3.05) is 33.0 Å². The maximum atomic E-state index is 14.8. The zero-order chi connectivity index (χ0) is 42.6. The third-order valence-electron chi connectivity index (χ3n) is 12.4. The highest BCUT2D eigenvalue weighted by Gasteiger charge is 2.65. The fourth-order valence-electron chi connectivity index (χ4n) is 9.79. The van der Waals surface area contributed by atoms with Crippen LogP contribution in [0.15, 0.2) is 121 Å². The second-order valence-corrected chi connectivity index (χ2v) is 16.4. The predicted molar refractivity (Wildman–Crippen MR) is 239 cm³/mol. The van der Waals surface area contributed by atoms with Gasteiger partial charge in [-0.05, 0) is 90.8 Å². The van der Waals surface area contributed by atoms with Crippen molar-refractivity contribution in [3.8, 4) is 11.5 Å². The summed E-state index contributed by atoms with van der Waals surface area (Å²) in [5, 5.41) is 29.1. The van der Waals surface area contributed by atoms with Gasteiger partial charge < -0.3 is 44.5 Å². The number of allylic oxidation sites excluding steroid dienone is 1. The van der Waals surface area contributed by atoms with E-state index < -0.39 is 17.7 Å². The smallest absolute Gasteiger partial charge is 0.318 e. The number of H-pyrrole nitrogens is 1. The number of benzene rings is 3. The molecule has 4 N–H and O–H groups in total. The number of para-hydroxylation sites is 1. The van der Waals surface area contributed by atoms with Crippen molar-refractivity contribution in [2.24, 2.45) is 22.9 Å². The Kier molecular flexibility index (Phi) is 15.0. The standard InChI is InChI=1S/C50H62N4O7/c1-4-24-54(49(57)51-33-38-29-37-19-10-11-21-43(37)52-38)46-32-44(53-60-34-35-16-8-7-9-17-35)41-30-36(18-12-14-25-55)40(20-13-15-26-56)47-42-31-39(58-27-5-2)22-23-45(42)61-50(46,48(41)47)59-28-6-3/h5-11,16-17,19,21-23,29-31,36,40,46-48,52,55-56H,2-4,12-15,18,20,24-28,32-34H2,1H3,(H,51,57)/t36-,40+,46-,47+,48+,50+/m0/s1. The number of ether oxygens (including phenoxy) is 3. The van der Waals surface area contributed by atoms with E-state index in [4.69, 9.17) is 24.2 Å². The molecule has 3 aromatic carbocycles. The van der Waals surface area contributed by atoms with Crippen LogP contribution in [-0.2, 0) is 22.7 Å². The zero-order valence-electron chi connectivity index (χ0n) is 35.5. The van der Waals surface area contributed by atoms with Crippen LogP contribution in [0.25, 0.3) is 10.9 Å². The lowest BCUT2D eigenvalue weighted by Crippen LogP contribution is -2.70. The van der Waals surface area contributed by atoms with Crippen LogP contribution in [0.4, 0.5) is 4.79 Å². The number of hydrogen-bond acceptors (Lipinski definition) is 8. The summed E-state index contributed by atoms with van der Waals surface area (Å²) < 4.78 is 20.6. The van der Waals surface area contributed by atoms with Gasteiger partial charge in [0.2, 0.25) is 5.79 Å². The molecule has 0 bridgehead atoms. The summed E-state index contributed by atoms with van der Waals surface area (Å²) >= 11 is 0. The lowest BCUT2D eigenvalue weighted by molar-refractivity contribution is -0.254. The SMILES string of the molecule is C=CCOc1ccc2c(c1)[C@H]1[C@H](CCCCO)[C@@H](CCCCO)C=C3C(=NOCc4ccccc4)C[C@H](N(CCC)C(=O)NCc4cc5ccccc5[nH]4)[C@@](OCC=C)(O2)[C@H]31. The molecule has 0 saturated heterocycles. The van der Waals surface area contributed by atoms with E-state index in [0.29, 0.717) is 56.9 Å². The normalized spacial score (nSPS) is 23.3. The summed E-state index contributed by atoms with van der Waals surface area (Å²) in [6.45, 7) is 11.8. The summed E-state index contributed by atoms with van der Waals surface area (Å²) in [6, 6.07) is 25.2. The number of nitrogens with one attached hydrogen (secondary N) is 2. The lowest BCUT2D eigenvalue weighted by atomic mass is 9.55. The van der Waals surface area contributed by atoms with Gasteiger partial charge in [-0.3, -0.25) is 0 Å². The van der Waals surface area contributed by atoms with Crippen LogP contribution in [0.5, 0.6) is 11.5 Å². The second-order valence-electron chi connectivity index (χ2n) is 16.4. The molecule has 324 valence electrons. The first-order valence-corrected chi connectivity index (χ1v) is 22.0. The van der Waals surface area contributed by atoms with Crippen LogP contribution < -0.4 is 14.8 Å². The number of aromatic amines is 1. The maximum absolute atomic E-state index is 14.8. The molecular formula is C50H62N4O7. The van der Waals surface area contributed by atoms with E-state index in [9.17, 15) is 15.0 Å². The number of urea groups is 1. The molecule has 4 aromatic rings. The van der Waals surface area contributed by atoms with E-state index in [2.05, 4.69) is 54.7 Å². The van der Waals surface area contributed by atoms with Crippen LogP contribution in [0, 0.1) is 17.8 Å². The third-order valence-corrected chi connectivity index (χ3v) is 12.4. The van der Waals surface area contributed by atoms with E-state index in [1.54, 1.807) is 12.2 Å². The number of carbonyl (C=O) groups is 1. The number of amides is 2. The Balaban J connectivity index is 1.38. The van der Waals surface area contributed by atoms with E-state index >= 15 is 0 Å². The Bertz CT molecular complexity index is 2120. The molecule has 11 nitrogen and oxygen atoms in total. The van der Waals surface area contributed by atoms with E-state index in [1.807, 2.05) is 65.6 Å². The first kappa shape index (κ1) is 43.7. The first-order valence-electron chi connectivity index (χ1n) is 22.0. The number of aliphatic hydroxyl groups excluding tert-OH is 2. The van der Waals surface area contributed by atoms with Crippen LogP contribution >= 0.6 is 0 Å². The summed E-state index contributed by atoms with van der Waals surface area (Å²) in [5.41, 5.74) is 5.66. The number of carbonyl (C=O) groups excluding carboxylic acids is 1. The quantitative estimate of drug-likeness (QED) is 0.0352. The Hall–Kier alpha value is -5.36. The van der Waals surface area contributed by atoms with Crippen LogP contribution in [0.1, 0.15) is 81.0 Å². The summed E-state index contributed by atoms with van der Waals surface area (Å²) in [6.07, 6.45) is 11.6. The largest absolute Gasteiger partial charge is 0.490 e. The van der Waals surface area contributed by atoms with Gasteiger partial charge in [0.15, 0.2) is 0 Å². The molecule has 2 heterocycles. The van der Waals surface area contributed by atoms with Gasteiger partial charge in [0.05, 0.1) is 24.8 Å². The van der Waals surface area contributed by atoms with Gasteiger partial charge in [0, 0.05) is 48.9 Å². The van der Waals surface area contributed by atoms with Crippen molar-refractivity contribution >= 4 is 22.6 Å². The van der Waals surface area contributed by atoms with Crippen molar-refractivity contribution in [3.63, 3.8) is 0 Å². The average molecular weight is 831 g/mol. The Labute approximate surface area is 360 Å². The van der Waals surface area contributed by atoms with Gasteiger partial charge in [-0.2, -0.15) is 0 Å². The minimum absolute atomic E-state index is 0.101. The molecule has 3 aliphatic rings. The number of aromatic nitrogens is 1. The number of rotatable bonds is 22. The van der Waals surface area contributed by atoms with E-state index in [1.165, 1.54) is 0 Å². The summed E-state index contributed by atoms with van der Waals surface area (Å²) in [5.74, 6) is -0.313. The average Bonchev–Trinajstić information content (AvgIpc) is 3.71. The van der Waals surface area contributed by atoms with Crippen molar-refractivity contribution in [3.05, 3.63) is 133 Å². The topological polar surface area (TPSA) is 138 Å². The molecule has 7 rings (SSSR count).